The van der Waals surface area contributed by atoms with E-state index in [1.165, 1.54) is 0 Å². The monoisotopic (exact) mass is 323 g/mol. The average Bonchev–Trinajstić information content (AvgIpc) is 2.85. The van der Waals surface area contributed by atoms with Crippen molar-refractivity contribution in [2.24, 2.45) is 4.36 Å². The maximum absolute atomic E-state index is 12.3. The van der Waals surface area contributed by atoms with Crippen LogP contribution in [-0.2, 0) is 19.2 Å². The number of hydrogen-bond acceptors (Lipinski definition) is 7. The Bertz CT molecular complexity index is 462. The molecule has 2 rings (SSSR count). The highest BCUT2D eigenvalue weighted by atomic mass is 32.2. The van der Waals surface area contributed by atoms with E-state index in [2.05, 4.69) is 4.36 Å². The van der Waals surface area contributed by atoms with Gasteiger partial charge in [-0.2, -0.15) is 0 Å². The van der Waals surface area contributed by atoms with E-state index in [0.29, 0.717) is 24.5 Å². The fourth-order valence-electron chi connectivity index (χ4n) is 2.59. The minimum Gasteiger partial charge on any atom is -0.388 e. The standard InChI is InChI=1S/C13H25NO6S/c1-8(2)19-13-12(17)11(16)10(15)9(20-13)4-7-21(18)6-3-5-14-21/h8-13,15-17H,3-7H2,1-2H3/t9-,10-,11+,12+,13+,21?/m1/s1. The molecule has 7 nitrogen and oxygen atoms in total. The fourth-order valence-corrected chi connectivity index (χ4v) is 4.69. The van der Waals surface area contributed by atoms with Crippen molar-refractivity contribution < 1.29 is 29.0 Å². The van der Waals surface area contributed by atoms with Gasteiger partial charge in [-0.15, -0.1) is 0 Å². The lowest BCUT2D eigenvalue weighted by Gasteiger charge is -2.41. The third-order valence-electron chi connectivity index (χ3n) is 3.74. The van der Waals surface area contributed by atoms with Crippen molar-refractivity contribution in [3.05, 3.63) is 0 Å². The van der Waals surface area contributed by atoms with Crippen molar-refractivity contribution in [1.82, 2.24) is 0 Å². The molecule has 0 aromatic rings. The molecule has 8 heteroatoms. The molecule has 0 aromatic carbocycles. The van der Waals surface area contributed by atoms with Gasteiger partial charge < -0.3 is 24.8 Å². The first-order valence-corrected chi connectivity index (χ1v) is 9.21. The van der Waals surface area contributed by atoms with E-state index in [4.69, 9.17) is 9.47 Å². The van der Waals surface area contributed by atoms with Gasteiger partial charge in [0.1, 0.15) is 18.3 Å². The number of ether oxygens (including phenoxy) is 2. The van der Waals surface area contributed by atoms with Gasteiger partial charge in [-0.25, -0.2) is 8.57 Å². The maximum atomic E-state index is 12.3. The molecule has 2 heterocycles. The summed E-state index contributed by atoms with van der Waals surface area (Å²) in [5.41, 5.74) is 0. The van der Waals surface area contributed by atoms with E-state index >= 15 is 0 Å². The molecule has 1 unspecified atom stereocenters. The first-order valence-electron chi connectivity index (χ1n) is 7.36. The Kier molecular flexibility index (Phi) is 5.61. The van der Waals surface area contributed by atoms with Crippen LogP contribution in [0, 0.1) is 0 Å². The minimum absolute atomic E-state index is 0.186. The van der Waals surface area contributed by atoms with Crippen LogP contribution in [0.1, 0.15) is 26.7 Å². The van der Waals surface area contributed by atoms with Crippen molar-refractivity contribution in [3.8, 4) is 0 Å². The third kappa shape index (κ3) is 4.14. The zero-order valence-electron chi connectivity index (χ0n) is 12.4. The summed E-state index contributed by atoms with van der Waals surface area (Å²) in [6.07, 6.45) is -4.63. The average molecular weight is 323 g/mol. The van der Waals surface area contributed by atoms with Crippen LogP contribution in [0.4, 0.5) is 0 Å². The lowest BCUT2D eigenvalue weighted by molar-refractivity contribution is -0.304. The number of aliphatic hydroxyl groups excluding tert-OH is 3. The van der Waals surface area contributed by atoms with E-state index in [0.717, 1.165) is 6.42 Å². The number of hydrogen-bond donors (Lipinski definition) is 3. The first kappa shape index (κ1) is 17.1. The number of aliphatic hydroxyl groups is 3. The molecule has 0 amide bonds. The van der Waals surface area contributed by atoms with Crippen molar-refractivity contribution in [2.75, 3.05) is 18.1 Å². The van der Waals surface area contributed by atoms with Crippen molar-refractivity contribution in [3.63, 3.8) is 0 Å². The molecule has 3 N–H and O–H groups in total. The normalized spacial score (nSPS) is 44.0. The SMILES string of the molecule is CC(C)O[C@H]1O[C@H](CCS2(=O)=NCCC2)[C@@H](O)[C@H](O)[C@@H]1O. The highest BCUT2D eigenvalue weighted by Gasteiger charge is 2.44. The highest BCUT2D eigenvalue weighted by molar-refractivity contribution is 7.93. The summed E-state index contributed by atoms with van der Waals surface area (Å²) in [6.45, 7) is 4.20. The molecule has 0 bridgehead atoms. The van der Waals surface area contributed by atoms with Crippen LogP contribution < -0.4 is 0 Å². The molecule has 0 saturated carbocycles. The summed E-state index contributed by atoms with van der Waals surface area (Å²) >= 11 is 0. The molecule has 124 valence electrons. The van der Waals surface area contributed by atoms with E-state index in [9.17, 15) is 19.5 Å². The number of rotatable bonds is 5. The highest BCUT2D eigenvalue weighted by Crippen LogP contribution is 2.26. The van der Waals surface area contributed by atoms with Gasteiger partial charge in [-0.1, -0.05) is 0 Å². The summed E-state index contributed by atoms with van der Waals surface area (Å²) < 4.78 is 27.4. The summed E-state index contributed by atoms with van der Waals surface area (Å²) in [7, 11) is -2.20. The predicted octanol–water partition coefficient (Wildman–Crippen LogP) is -0.519. The minimum atomic E-state index is -2.20. The molecule has 2 aliphatic heterocycles. The largest absolute Gasteiger partial charge is 0.388 e. The van der Waals surface area contributed by atoms with Gasteiger partial charge in [0.2, 0.25) is 0 Å². The van der Waals surface area contributed by atoms with E-state index in [1.807, 2.05) is 0 Å². The zero-order valence-corrected chi connectivity index (χ0v) is 13.2. The Labute approximate surface area is 125 Å². The van der Waals surface area contributed by atoms with E-state index < -0.39 is 40.4 Å². The van der Waals surface area contributed by atoms with Crippen LogP contribution in [0.15, 0.2) is 4.36 Å². The molecule has 21 heavy (non-hydrogen) atoms. The molecular formula is C13H25NO6S. The second-order valence-corrected chi connectivity index (χ2v) is 8.50. The number of nitrogens with zero attached hydrogens (tertiary/aromatic N) is 1. The Morgan fingerprint density at radius 1 is 1.29 bits per heavy atom. The molecule has 1 saturated heterocycles. The molecule has 0 aromatic heterocycles. The molecule has 6 atom stereocenters. The molecular weight excluding hydrogens is 298 g/mol. The van der Waals surface area contributed by atoms with Crippen LogP contribution in [0.2, 0.25) is 0 Å². The van der Waals surface area contributed by atoms with Gasteiger partial charge in [0.05, 0.1) is 12.2 Å². The lowest BCUT2D eigenvalue weighted by Crippen LogP contribution is -2.58. The Morgan fingerprint density at radius 2 is 2.00 bits per heavy atom. The quantitative estimate of drug-likeness (QED) is 0.628. The van der Waals surface area contributed by atoms with Crippen molar-refractivity contribution >= 4 is 9.73 Å². The van der Waals surface area contributed by atoms with E-state index in [1.54, 1.807) is 13.8 Å². The van der Waals surface area contributed by atoms with Gasteiger partial charge in [0, 0.05) is 27.8 Å². The molecule has 0 radical (unpaired) electrons. The van der Waals surface area contributed by atoms with Crippen LogP contribution in [0.5, 0.6) is 0 Å². The zero-order chi connectivity index (χ0) is 15.6. The van der Waals surface area contributed by atoms with Gasteiger partial charge >= 0.3 is 0 Å². The Hall–Kier alpha value is -0.250. The smallest absolute Gasteiger partial charge is 0.186 e. The summed E-state index contributed by atoms with van der Waals surface area (Å²) in [6, 6.07) is 0. The molecule has 0 aliphatic carbocycles. The van der Waals surface area contributed by atoms with Crippen LogP contribution in [0.3, 0.4) is 0 Å². The maximum Gasteiger partial charge on any atom is 0.186 e. The fraction of sp³-hybridized carbons (Fsp3) is 1.00. The molecule has 1 fully saturated rings. The summed E-state index contributed by atoms with van der Waals surface area (Å²) in [5, 5.41) is 29.8. The first-order chi connectivity index (χ1) is 9.82. The van der Waals surface area contributed by atoms with Crippen LogP contribution in [0.25, 0.3) is 0 Å². The van der Waals surface area contributed by atoms with Crippen molar-refractivity contribution in [2.45, 2.75) is 63.5 Å². The van der Waals surface area contributed by atoms with Crippen LogP contribution in [-0.4, -0.2) is 74.4 Å². The summed E-state index contributed by atoms with van der Waals surface area (Å²) in [4.78, 5) is 0. The second kappa shape index (κ2) is 6.89. The van der Waals surface area contributed by atoms with Crippen LogP contribution >= 0.6 is 0 Å². The second-order valence-electron chi connectivity index (χ2n) is 5.88. The Balaban J connectivity index is 1.99. The van der Waals surface area contributed by atoms with Gasteiger partial charge in [-0.05, 0) is 26.7 Å². The van der Waals surface area contributed by atoms with Gasteiger partial charge in [0.25, 0.3) is 0 Å². The van der Waals surface area contributed by atoms with Crippen molar-refractivity contribution in [1.29, 1.82) is 0 Å². The van der Waals surface area contributed by atoms with Gasteiger partial charge in [-0.3, -0.25) is 0 Å². The Morgan fingerprint density at radius 3 is 2.57 bits per heavy atom. The lowest BCUT2D eigenvalue weighted by atomic mass is 9.97. The third-order valence-corrected chi connectivity index (χ3v) is 6.20. The predicted molar refractivity (Wildman–Crippen MR) is 77.3 cm³/mol. The molecule has 0 spiro atoms. The topological polar surface area (TPSA) is 109 Å². The molecule has 2 aliphatic rings. The van der Waals surface area contributed by atoms with Gasteiger partial charge in [0.15, 0.2) is 6.29 Å². The summed E-state index contributed by atoms with van der Waals surface area (Å²) in [5.74, 6) is 0.902. The van der Waals surface area contributed by atoms with E-state index in [-0.39, 0.29) is 6.10 Å².